The first-order valence-electron chi connectivity index (χ1n) is 9.00. The molecule has 0 radical (unpaired) electrons. The summed E-state index contributed by atoms with van der Waals surface area (Å²) in [5.41, 5.74) is -0.109. The van der Waals surface area contributed by atoms with Gasteiger partial charge in [0.1, 0.15) is 0 Å². The second-order valence-electron chi connectivity index (χ2n) is 6.55. The van der Waals surface area contributed by atoms with E-state index < -0.39 is 17.6 Å². The Kier molecular flexibility index (Phi) is 6.81. The summed E-state index contributed by atoms with van der Waals surface area (Å²) in [6, 6.07) is 10.7. The lowest BCUT2D eigenvalue weighted by Crippen LogP contribution is -2.38. The highest BCUT2D eigenvalue weighted by atomic mass is 32.2. The van der Waals surface area contributed by atoms with Gasteiger partial charge in [0.15, 0.2) is 0 Å². The molecule has 1 saturated heterocycles. The Morgan fingerprint density at radius 2 is 1.62 bits per heavy atom. The van der Waals surface area contributed by atoms with Crippen LogP contribution in [0.25, 0.3) is 0 Å². The molecule has 154 valence electrons. The van der Waals surface area contributed by atoms with E-state index in [0.717, 1.165) is 36.7 Å². The Bertz CT molecular complexity index is 883. The van der Waals surface area contributed by atoms with Crippen LogP contribution < -0.4 is 10.6 Å². The van der Waals surface area contributed by atoms with Crippen LogP contribution in [-0.2, 0) is 11.0 Å². The second kappa shape index (κ2) is 9.32. The van der Waals surface area contributed by atoms with Gasteiger partial charge in [0.05, 0.1) is 12.1 Å². The molecule has 2 amide bonds. The number of hydrogen-bond acceptors (Lipinski definition) is 4. The van der Waals surface area contributed by atoms with E-state index in [1.807, 2.05) is 11.8 Å². The van der Waals surface area contributed by atoms with Crippen LogP contribution in [0.2, 0.25) is 0 Å². The topological polar surface area (TPSA) is 61.4 Å². The van der Waals surface area contributed by atoms with Crippen LogP contribution in [0.4, 0.5) is 24.5 Å². The first-order valence-corrected chi connectivity index (χ1v) is 10.2. The molecule has 3 rings (SSSR count). The van der Waals surface area contributed by atoms with Crippen LogP contribution in [0.3, 0.4) is 0 Å². The molecule has 0 atom stereocenters. The smallest absolute Gasteiger partial charge is 0.325 e. The third kappa shape index (κ3) is 6.23. The zero-order valence-electron chi connectivity index (χ0n) is 15.5. The van der Waals surface area contributed by atoms with Crippen molar-refractivity contribution in [1.82, 2.24) is 4.90 Å². The number of carbonyl (C=O) groups excluding carboxylic acids is 2. The third-order valence-electron chi connectivity index (χ3n) is 4.33. The maximum Gasteiger partial charge on any atom is 0.416 e. The number of halogens is 3. The first kappa shape index (κ1) is 21.2. The van der Waals surface area contributed by atoms with Gasteiger partial charge in [-0.3, -0.25) is 14.5 Å². The SMILES string of the molecule is O=C(CN1CCSCC1)Nc1cccc(C(=O)Nc2cccc(C(F)(F)F)c2)c1. The van der Waals surface area contributed by atoms with Gasteiger partial charge >= 0.3 is 6.18 Å². The first-order chi connectivity index (χ1) is 13.8. The van der Waals surface area contributed by atoms with Gasteiger partial charge in [0.2, 0.25) is 5.91 Å². The van der Waals surface area contributed by atoms with Gasteiger partial charge in [-0.05, 0) is 36.4 Å². The van der Waals surface area contributed by atoms with E-state index in [9.17, 15) is 22.8 Å². The zero-order chi connectivity index (χ0) is 20.9. The summed E-state index contributed by atoms with van der Waals surface area (Å²) < 4.78 is 38.4. The monoisotopic (exact) mass is 423 g/mol. The number of nitrogens with zero attached hydrogens (tertiary/aromatic N) is 1. The van der Waals surface area contributed by atoms with Gasteiger partial charge in [-0.25, -0.2) is 0 Å². The fourth-order valence-corrected chi connectivity index (χ4v) is 3.86. The molecule has 9 heteroatoms. The van der Waals surface area contributed by atoms with E-state index in [1.54, 1.807) is 12.1 Å². The summed E-state index contributed by atoms with van der Waals surface area (Å²) in [5, 5.41) is 5.22. The van der Waals surface area contributed by atoms with E-state index in [0.29, 0.717) is 5.69 Å². The van der Waals surface area contributed by atoms with E-state index in [-0.39, 0.29) is 23.7 Å². The number of rotatable bonds is 5. The molecule has 0 aliphatic carbocycles. The Morgan fingerprint density at radius 3 is 2.31 bits per heavy atom. The fraction of sp³-hybridized carbons (Fsp3) is 0.300. The van der Waals surface area contributed by atoms with Crippen LogP contribution in [0.5, 0.6) is 0 Å². The van der Waals surface area contributed by atoms with Crippen LogP contribution in [0.1, 0.15) is 15.9 Å². The van der Waals surface area contributed by atoms with Crippen molar-refractivity contribution in [2.45, 2.75) is 6.18 Å². The fourth-order valence-electron chi connectivity index (χ4n) is 2.88. The number of carbonyl (C=O) groups is 2. The zero-order valence-corrected chi connectivity index (χ0v) is 16.3. The molecular weight excluding hydrogens is 403 g/mol. The lowest BCUT2D eigenvalue weighted by molar-refractivity contribution is -0.137. The molecule has 5 nitrogen and oxygen atoms in total. The van der Waals surface area contributed by atoms with Crippen LogP contribution in [-0.4, -0.2) is 47.9 Å². The molecule has 0 bridgehead atoms. The normalized spacial score (nSPS) is 15.0. The Morgan fingerprint density at radius 1 is 0.966 bits per heavy atom. The molecule has 0 aromatic heterocycles. The van der Waals surface area contributed by atoms with Gasteiger partial charge in [-0.15, -0.1) is 0 Å². The summed E-state index contributed by atoms with van der Waals surface area (Å²) >= 11 is 1.86. The van der Waals surface area contributed by atoms with Gasteiger partial charge in [0.25, 0.3) is 5.91 Å². The molecular formula is C20H20F3N3O2S. The number of hydrogen-bond donors (Lipinski definition) is 2. The number of thioether (sulfide) groups is 1. The average molecular weight is 423 g/mol. The number of alkyl halides is 3. The van der Waals surface area contributed by atoms with E-state index in [1.165, 1.54) is 24.3 Å². The standard InChI is InChI=1S/C20H20F3N3O2S/c21-20(22,23)15-4-2-6-17(12-15)25-19(28)14-3-1-5-16(11-14)24-18(27)13-26-7-9-29-10-8-26/h1-6,11-12H,7-10,13H2,(H,24,27)(H,25,28). The number of anilines is 2. The van der Waals surface area contributed by atoms with Crippen molar-refractivity contribution < 1.29 is 22.8 Å². The van der Waals surface area contributed by atoms with Crippen molar-refractivity contribution in [3.05, 3.63) is 59.7 Å². The quantitative estimate of drug-likeness (QED) is 0.765. The van der Waals surface area contributed by atoms with E-state index >= 15 is 0 Å². The van der Waals surface area contributed by atoms with Gasteiger partial charge in [0, 0.05) is 41.5 Å². The van der Waals surface area contributed by atoms with Crippen molar-refractivity contribution >= 4 is 35.0 Å². The Hall–Kier alpha value is -2.52. The molecule has 29 heavy (non-hydrogen) atoms. The highest BCUT2D eigenvalue weighted by Gasteiger charge is 2.30. The highest BCUT2D eigenvalue weighted by Crippen LogP contribution is 2.30. The van der Waals surface area contributed by atoms with Crippen LogP contribution in [0.15, 0.2) is 48.5 Å². The van der Waals surface area contributed by atoms with Crippen LogP contribution >= 0.6 is 11.8 Å². The number of benzene rings is 2. The van der Waals surface area contributed by atoms with Crippen molar-refractivity contribution in [2.24, 2.45) is 0 Å². The molecule has 1 heterocycles. The highest BCUT2D eigenvalue weighted by molar-refractivity contribution is 7.99. The van der Waals surface area contributed by atoms with Crippen molar-refractivity contribution in [1.29, 1.82) is 0 Å². The largest absolute Gasteiger partial charge is 0.416 e. The number of amides is 2. The van der Waals surface area contributed by atoms with Gasteiger partial charge < -0.3 is 10.6 Å². The lowest BCUT2D eigenvalue weighted by Gasteiger charge is -2.25. The third-order valence-corrected chi connectivity index (χ3v) is 5.27. The van der Waals surface area contributed by atoms with Gasteiger partial charge in [-0.2, -0.15) is 24.9 Å². The minimum absolute atomic E-state index is 0.0437. The van der Waals surface area contributed by atoms with E-state index in [4.69, 9.17) is 0 Å². The lowest BCUT2D eigenvalue weighted by atomic mass is 10.1. The molecule has 2 aromatic rings. The molecule has 2 aromatic carbocycles. The molecule has 1 fully saturated rings. The summed E-state index contributed by atoms with van der Waals surface area (Å²) in [5.74, 6) is 1.26. The summed E-state index contributed by atoms with van der Waals surface area (Å²) in [7, 11) is 0. The molecule has 0 spiro atoms. The minimum atomic E-state index is -4.49. The predicted molar refractivity (Wildman–Crippen MR) is 108 cm³/mol. The molecule has 0 unspecified atom stereocenters. The van der Waals surface area contributed by atoms with Crippen molar-refractivity contribution in [3.8, 4) is 0 Å². The average Bonchev–Trinajstić information content (AvgIpc) is 2.68. The summed E-state index contributed by atoms with van der Waals surface area (Å²) in [6.07, 6.45) is -4.49. The maximum atomic E-state index is 12.8. The molecule has 0 saturated carbocycles. The predicted octanol–water partition coefficient (Wildman–Crippen LogP) is 3.95. The van der Waals surface area contributed by atoms with Gasteiger partial charge in [-0.1, -0.05) is 12.1 Å². The molecule has 2 N–H and O–H groups in total. The Labute approximate surface area is 170 Å². The van der Waals surface area contributed by atoms with Crippen LogP contribution in [0, 0.1) is 0 Å². The number of nitrogens with one attached hydrogen (secondary N) is 2. The Balaban J connectivity index is 1.62. The minimum Gasteiger partial charge on any atom is -0.325 e. The maximum absolute atomic E-state index is 12.8. The summed E-state index contributed by atoms with van der Waals surface area (Å²) in [4.78, 5) is 26.7. The van der Waals surface area contributed by atoms with Crippen molar-refractivity contribution in [3.63, 3.8) is 0 Å². The van der Waals surface area contributed by atoms with E-state index in [2.05, 4.69) is 15.5 Å². The second-order valence-corrected chi connectivity index (χ2v) is 7.77. The molecule has 1 aliphatic heterocycles. The van der Waals surface area contributed by atoms with Crippen molar-refractivity contribution in [2.75, 3.05) is 41.8 Å². The summed E-state index contributed by atoms with van der Waals surface area (Å²) in [6.45, 7) is 2.00. The molecule has 1 aliphatic rings.